The van der Waals surface area contributed by atoms with Crippen LogP contribution in [0, 0.1) is 12.3 Å². The lowest BCUT2D eigenvalue weighted by molar-refractivity contribution is 0.395. The summed E-state index contributed by atoms with van der Waals surface area (Å²) in [6.45, 7) is 6.28. The number of aromatic nitrogens is 1. The van der Waals surface area contributed by atoms with Gasteiger partial charge in [-0.3, -0.25) is 0 Å². The molecule has 1 aliphatic carbocycles. The quantitative estimate of drug-likeness (QED) is 0.686. The summed E-state index contributed by atoms with van der Waals surface area (Å²) in [5, 5.41) is 3.75. The van der Waals surface area contributed by atoms with Gasteiger partial charge in [0.1, 0.15) is 5.76 Å². The maximum absolute atomic E-state index is 5.93. The van der Waals surface area contributed by atoms with Gasteiger partial charge in [0.15, 0.2) is 0 Å². The molecule has 12 heavy (non-hydrogen) atoms. The third-order valence-corrected chi connectivity index (χ3v) is 3.03. The molecule has 2 N–H and O–H groups in total. The van der Waals surface area contributed by atoms with Gasteiger partial charge in [0.25, 0.3) is 0 Å². The first kappa shape index (κ1) is 7.80. The summed E-state index contributed by atoms with van der Waals surface area (Å²) in [4.78, 5) is 0. The molecule has 0 saturated heterocycles. The molecule has 0 spiro atoms. The molecule has 0 unspecified atom stereocenters. The Hall–Kier alpha value is -0.830. The molecular formula is C9H14N2O. The minimum Gasteiger partial charge on any atom is -0.361 e. The first-order chi connectivity index (χ1) is 5.55. The molecule has 0 bridgehead atoms. The van der Waals surface area contributed by atoms with Crippen LogP contribution in [0.5, 0.6) is 0 Å². The highest BCUT2D eigenvalue weighted by Crippen LogP contribution is 2.57. The molecule has 1 saturated carbocycles. The van der Waals surface area contributed by atoms with Crippen molar-refractivity contribution in [1.82, 2.24) is 5.16 Å². The van der Waals surface area contributed by atoms with Gasteiger partial charge >= 0.3 is 0 Å². The highest BCUT2D eigenvalue weighted by molar-refractivity contribution is 5.33. The summed E-state index contributed by atoms with van der Waals surface area (Å²) in [6.07, 6.45) is 1.79. The van der Waals surface area contributed by atoms with E-state index in [4.69, 9.17) is 10.3 Å². The van der Waals surface area contributed by atoms with E-state index in [9.17, 15) is 0 Å². The summed E-state index contributed by atoms with van der Waals surface area (Å²) in [5.74, 6) is 1.34. The van der Waals surface area contributed by atoms with Crippen LogP contribution < -0.4 is 5.73 Å². The Bertz CT molecular complexity index is 303. The standard InChI is InChI=1S/C9H14N2O/c1-5-6(4-11-12-5)7-8(10)9(7,2)3/h4,7-8H,10H2,1-3H3/t7-,8-/m0/s1. The lowest BCUT2D eigenvalue weighted by Gasteiger charge is -1.98. The molecule has 0 radical (unpaired) electrons. The van der Waals surface area contributed by atoms with E-state index in [0.29, 0.717) is 5.92 Å². The Labute approximate surface area is 71.9 Å². The molecule has 1 aliphatic rings. The molecule has 0 aliphatic heterocycles. The van der Waals surface area contributed by atoms with E-state index in [1.165, 1.54) is 5.56 Å². The average Bonchev–Trinajstić information content (AvgIpc) is 2.39. The monoisotopic (exact) mass is 166 g/mol. The molecule has 3 heteroatoms. The average molecular weight is 166 g/mol. The van der Waals surface area contributed by atoms with Gasteiger partial charge in [-0.1, -0.05) is 19.0 Å². The smallest absolute Gasteiger partial charge is 0.137 e. The number of aryl methyl sites for hydroxylation is 1. The molecule has 1 heterocycles. The van der Waals surface area contributed by atoms with Crippen LogP contribution in [0.1, 0.15) is 31.1 Å². The van der Waals surface area contributed by atoms with Crippen molar-refractivity contribution in [3.8, 4) is 0 Å². The van der Waals surface area contributed by atoms with E-state index in [-0.39, 0.29) is 11.5 Å². The first-order valence-electron chi connectivity index (χ1n) is 4.22. The SMILES string of the molecule is Cc1oncc1[C@H]1[C@H](N)C1(C)C. The predicted octanol–water partition coefficient (Wildman–Crippen LogP) is 1.43. The molecule has 0 aromatic carbocycles. The van der Waals surface area contributed by atoms with Crippen molar-refractivity contribution in [2.75, 3.05) is 0 Å². The van der Waals surface area contributed by atoms with Crippen molar-refractivity contribution in [2.24, 2.45) is 11.1 Å². The highest BCUT2D eigenvalue weighted by atomic mass is 16.5. The van der Waals surface area contributed by atoms with Crippen molar-refractivity contribution in [3.05, 3.63) is 17.5 Å². The molecule has 66 valence electrons. The molecule has 1 fully saturated rings. The molecule has 0 amide bonds. The van der Waals surface area contributed by atoms with E-state index in [2.05, 4.69) is 19.0 Å². The van der Waals surface area contributed by atoms with E-state index in [1.54, 1.807) is 6.20 Å². The number of nitrogens with two attached hydrogens (primary N) is 1. The van der Waals surface area contributed by atoms with E-state index >= 15 is 0 Å². The maximum atomic E-state index is 5.93. The lowest BCUT2D eigenvalue weighted by Crippen LogP contribution is -2.06. The zero-order valence-corrected chi connectivity index (χ0v) is 7.66. The Balaban J connectivity index is 2.30. The largest absolute Gasteiger partial charge is 0.361 e. The van der Waals surface area contributed by atoms with Crippen LogP contribution in [0.3, 0.4) is 0 Å². The van der Waals surface area contributed by atoms with Crippen molar-refractivity contribution >= 4 is 0 Å². The molecule has 2 atom stereocenters. The van der Waals surface area contributed by atoms with Crippen LogP contribution in [0.2, 0.25) is 0 Å². The number of hydrogen-bond donors (Lipinski definition) is 1. The van der Waals surface area contributed by atoms with Gasteiger partial charge in [-0.2, -0.15) is 0 Å². The van der Waals surface area contributed by atoms with Crippen LogP contribution in [-0.4, -0.2) is 11.2 Å². The molecule has 3 nitrogen and oxygen atoms in total. The van der Waals surface area contributed by atoms with Gasteiger partial charge in [0.05, 0.1) is 6.20 Å². The molecule has 1 aromatic heterocycles. The van der Waals surface area contributed by atoms with Gasteiger partial charge in [-0.15, -0.1) is 0 Å². The zero-order valence-electron chi connectivity index (χ0n) is 7.66. The van der Waals surface area contributed by atoms with Gasteiger partial charge in [0, 0.05) is 17.5 Å². The van der Waals surface area contributed by atoms with Crippen molar-refractivity contribution in [1.29, 1.82) is 0 Å². The third-order valence-electron chi connectivity index (χ3n) is 3.03. The van der Waals surface area contributed by atoms with Crippen molar-refractivity contribution in [2.45, 2.75) is 32.7 Å². The third kappa shape index (κ3) is 0.829. The second kappa shape index (κ2) is 2.10. The summed E-state index contributed by atoms with van der Waals surface area (Å²) < 4.78 is 5.00. The van der Waals surface area contributed by atoms with Gasteiger partial charge in [-0.05, 0) is 12.3 Å². The first-order valence-corrected chi connectivity index (χ1v) is 4.22. The minimum atomic E-state index is 0.219. The molecular weight excluding hydrogens is 152 g/mol. The van der Waals surface area contributed by atoms with Gasteiger partial charge in [0.2, 0.25) is 0 Å². The van der Waals surface area contributed by atoms with E-state index in [1.807, 2.05) is 6.92 Å². The Morgan fingerprint density at radius 3 is 2.50 bits per heavy atom. The Morgan fingerprint density at radius 1 is 1.58 bits per heavy atom. The molecule has 1 aromatic rings. The summed E-state index contributed by atoms with van der Waals surface area (Å²) in [7, 11) is 0. The topological polar surface area (TPSA) is 52.0 Å². The van der Waals surface area contributed by atoms with Crippen LogP contribution >= 0.6 is 0 Å². The summed E-state index contributed by atoms with van der Waals surface area (Å²) in [6, 6.07) is 0.260. The fraction of sp³-hybridized carbons (Fsp3) is 0.667. The normalized spacial score (nSPS) is 32.0. The fourth-order valence-corrected chi connectivity index (χ4v) is 1.88. The minimum absolute atomic E-state index is 0.219. The van der Waals surface area contributed by atoms with Crippen LogP contribution in [0.15, 0.2) is 10.7 Å². The van der Waals surface area contributed by atoms with Crippen molar-refractivity contribution < 1.29 is 4.52 Å². The number of nitrogens with zero attached hydrogens (tertiary/aromatic N) is 1. The van der Waals surface area contributed by atoms with E-state index in [0.717, 1.165) is 5.76 Å². The van der Waals surface area contributed by atoms with Crippen LogP contribution in [-0.2, 0) is 0 Å². The predicted molar refractivity (Wildman–Crippen MR) is 45.7 cm³/mol. The fourth-order valence-electron chi connectivity index (χ4n) is 1.88. The Morgan fingerprint density at radius 2 is 2.17 bits per heavy atom. The van der Waals surface area contributed by atoms with Crippen LogP contribution in [0.25, 0.3) is 0 Å². The second-order valence-corrected chi connectivity index (χ2v) is 4.16. The van der Waals surface area contributed by atoms with Gasteiger partial charge in [-0.25, -0.2) is 0 Å². The molecule has 2 rings (SSSR count). The summed E-state index contributed by atoms with van der Waals surface area (Å²) >= 11 is 0. The number of rotatable bonds is 1. The number of hydrogen-bond acceptors (Lipinski definition) is 3. The van der Waals surface area contributed by atoms with E-state index < -0.39 is 0 Å². The lowest BCUT2D eigenvalue weighted by atomic mass is 10.0. The zero-order chi connectivity index (χ0) is 8.93. The summed E-state index contributed by atoms with van der Waals surface area (Å²) in [5.41, 5.74) is 7.33. The van der Waals surface area contributed by atoms with Crippen LogP contribution in [0.4, 0.5) is 0 Å². The second-order valence-electron chi connectivity index (χ2n) is 4.16. The van der Waals surface area contributed by atoms with Crippen molar-refractivity contribution in [3.63, 3.8) is 0 Å². The maximum Gasteiger partial charge on any atom is 0.137 e. The van der Waals surface area contributed by atoms with Gasteiger partial charge < -0.3 is 10.3 Å². The Kier molecular flexibility index (Phi) is 1.37. The highest BCUT2D eigenvalue weighted by Gasteiger charge is 2.57.